The van der Waals surface area contributed by atoms with Crippen molar-refractivity contribution in [3.05, 3.63) is 192 Å². The summed E-state index contributed by atoms with van der Waals surface area (Å²) in [6.07, 6.45) is 2.54. The quantitative estimate of drug-likeness (QED) is 0.0638. The van der Waals surface area contributed by atoms with E-state index in [0.29, 0.717) is 92.2 Å². The van der Waals surface area contributed by atoms with E-state index in [1.165, 1.54) is 17.4 Å². The lowest BCUT2D eigenvalue weighted by Crippen LogP contribution is -2.19. The summed E-state index contributed by atoms with van der Waals surface area (Å²) in [5.41, 5.74) is 17.4. The maximum atomic E-state index is 12.4. The molecule has 0 spiro atoms. The maximum absolute atomic E-state index is 12.4. The predicted octanol–water partition coefficient (Wildman–Crippen LogP) is 14.5. The molecule has 5 aromatic carbocycles. The van der Waals surface area contributed by atoms with Gasteiger partial charge in [-0.05, 0) is 120 Å². The van der Waals surface area contributed by atoms with Crippen LogP contribution in [-0.4, -0.2) is 125 Å². The summed E-state index contributed by atoms with van der Waals surface area (Å²) in [6, 6.07) is 39.1. The SMILES string of the molecule is C=C(c1ccc(-c2cnc(C)c(-c3nnc(-c4ccc(CN)cc4)o3)n2)cc1)N(C)C.Cc1ncc(-c2ccc(S(=O)(=O)C(C)C)cc2)nc1-c1nnc(-c2ccc(CNCC(F)F)s2)o1.Cc1ncc(-c2ccc(S(=O)(=O)C(C)C)cc2)nc1-c1nnc(-c2ccccc2O)o1.[HH].[HH].[HH].[HH].[HH].[HH]. The average Bonchev–Trinajstić information content (AvgIpc) is 1.17. The number of aryl methyl sites for hydroxylation is 3. The first-order valence-corrected chi connectivity index (χ1v) is 34.1. The van der Waals surface area contributed by atoms with Crippen molar-refractivity contribution in [2.75, 3.05) is 20.6 Å². The third kappa shape index (κ3) is 16.2. The highest BCUT2D eigenvalue weighted by Gasteiger charge is 2.24. The van der Waals surface area contributed by atoms with Crippen molar-refractivity contribution in [2.45, 2.75) is 88.3 Å². The Hall–Kier alpha value is -10.5. The number of hydrogen-bond acceptors (Lipinski definition) is 24. The molecule has 7 heterocycles. The maximum Gasteiger partial charge on any atom is 0.268 e. The van der Waals surface area contributed by atoms with Gasteiger partial charge in [0.25, 0.3) is 35.9 Å². The van der Waals surface area contributed by atoms with Crippen LogP contribution in [-0.2, 0) is 32.8 Å². The number of phenols is 1. The number of thiophene rings is 1. The van der Waals surface area contributed by atoms with E-state index >= 15 is 0 Å². The normalized spacial score (nSPS) is 11.6. The van der Waals surface area contributed by atoms with Crippen LogP contribution in [0.25, 0.3) is 108 Å². The van der Waals surface area contributed by atoms with Crippen LogP contribution in [0.5, 0.6) is 5.75 Å². The number of nitrogens with one attached hydrogen (secondary N) is 1. The van der Waals surface area contributed by atoms with Gasteiger partial charge in [0.15, 0.2) is 19.7 Å². The third-order valence-electron chi connectivity index (χ3n) is 15.0. The zero-order valence-corrected chi connectivity index (χ0v) is 56.6. The summed E-state index contributed by atoms with van der Waals surface area (Å²) < 4.78 is 91.5. The lowest BCUT2D eigenvalue weighted by Gasteiger charge is -2.16. The van der Waals surface area contributed by atoms with Crippen molar-refractivity contribution in [3.63, 3.8) is 0 Å². The number of hydrogen-bond donors (Lipinski definition) is 3. The van der Waals surface area contributed by atoms with Gasteiger partial charge in [-0.15, -0.1) is 41.9 Å². The van der Waals surface area contributed by atoms with Crippen molar-refractivity contribution in [1.82, 2.24) is 70.7 Å². The molecule has 0 fully saturated rings. The molecule has 12 aromatic rings. The van der Waals surface area contributed by atoms with Crippen LogP contribution in [0.1, 0.15) is 69.3 Å². The topological polar surface area (TPSA) is 324 Å². The van der Waals surface area contributed by atoms with Crippen LogP contribution in [0.3, 0.4) is 0 Å². The van der Waals surface area contributed by atoms with Crippen LogP contribution in [0.4, 0.5) is 8.78 Å². The minimum Gasteiger partial charge on any atom is -0.507 e. The molecular formula is C69H79F2N15O8S3. The van der Waals surface area contributed by atoms with Gasteiger partial charge in [-0.2, -0.15) is 0 Å². The zero-order chi connectivity index (χ0) is 69.3. The molecular weight excluding hydrogens is 1300 g/mol. The first kappa shape index (κ1) is 69.3. The van der Waals surface area contributed by atoms with Crippen molar-refractivity contribution in [3.8, 4) is 108 Å². The fourth-order valence-corrected chi connectivity index (χ4v) is 12.3. The van der Waals surface area contributed by atoms with Gasteiger partial charge in [0.1, 0.15) is 22.8 Å². The minimum absolute atomic E-state index is 0. The van der Waals surface area contributed by atoms with Crippen LogP contribution < -0.4 is 11.1 Å². The van der Waals surface area contributed by atoms with Crippen LogP contribution in [0.2, 0.25) is 0 Å². The van der Waals surface area contributed by atoms with Crippen LogP contribution >= 0.6 is 11.3 Å². The number of halogens is 2. The van der Waals surface area contributed by atoms with E-state index in [1.54, 1.807) is 133 Å². The summed E-state index contributed by atoms with van der Waals surface area (Å²) >= 11 is 1.37. The molecule has 0 saturated carbocycles. The van der Waals surface area contributed by atoms with Crippen LogP contribution in [0.15, 0.2) is 182 Å². The Bertz CT molecular complexity index is 5000. The van der Waals surface area contributed by atoms with Gasteiger partial charge in [-0.1, -0.05) is 79.4 Å². The van der Waals surface area contributed by atoms with Gasteiger partial charge >= 0.3 is 0 Å². The van der Waals surface area contributed by atoms with Gasteiger partial charge in [-0.25, -0.2) is 40.6 Å². The first-order valence-electron chi connectivity index (χ1n) is 30.2. The monoisotopic (exact) mass is 1380 g/mol. The minimum atomic E-state index is -3.37. The number of benzene rings is 5. The van der Waals surface area contributed by atoms with Gasteiger partial charge in [-0.3, -0.25) is 15.0 Å². The fraction of sp³-hybridized carbons (Fsp3) is 0.217. The highest BCUT2D eigenvalue weighted by Crippen LogP contribution is 2.35. The van der Waals surface area contributed by atoms with E-state index in [9.17, 15) is 30.7 Å². The number of nitrogens with zero attached hydrogens (tertiary/aromatic N) is 13. The van der Waals surface area contributed by atoms with E-state index in [1.807, 2.05) is 80.5 Å². The molecule has 0 amide bonds. The summed E-state index contributed by atoms with van der Waals surface area (Å²) in [5, 5.41) is 36.3. The number of aromatic nitrogens is 12. The second-order valence-corrected chi connectivity index (χ2v) is 28.8. The van der Waals surface area contributed by atoms with Gasteiger partial charge in [0, 0.05) is 68.6 Å². The Morgan fingerprint density at radius 3 is 1.42 bits per heavy atom. The van der Waals surface area contributed by atoms with E-state index < -0.39 is 36.6 Å². The molecule has 0 aliphatic carbocycles. The highest BCUT2D eigenvalue weighted by molar-refractivity contribution is 7.92. The largest absolute Gasteiger partial charge is 0.507 e. The Morgan fingerprint density at radius 1 is 0.567 bits per heavy atom. The van der Waals surface area contributed by atoms with E-state index in [4.69, 9.17) is 24.0 Å². The molecule has 0 bridgehead atoms. The lowest BCUT2D eigenvalue weighted by atomic mass is 10.1. The number of rotatable bonds is 20. The standard InChI is InChI=1S/C24H24N6O.C23H23F2N5O3S2.C22H20N4O4S.6H2/c1-15-22(24-29-28-23(31-24)20-7-5-17(13-25)6-8-20)27-21(14-26-15)19-11-9-18(10-12-19)16(2)30(3)4;1-13(2)35(31,32)17-7-4-15(5-8-17)18-11-27-14(3)21(28-18)23-30-29-22(33-23)19-9-6-16(34-19)10-26-12-20(24)25;1-13(2)31(28,29)16-10-8-15(9-11-16)18-12-23-14(3)20(24-18)22-26-25-21(30-22)17-6-4-5-7-19(17)27;;;;;;/h5-12,14H,2,13,25H2,1,3-4H3;4-9,11,13,20,26H,10,12H2,1-3H3;4-13,27H,1-3H3;6*1H. The Labute approximate surface area is 571 Å². The number of para-hydroxylation sites is 1. The molecule has 0 aliphatic rings. The zero-order valence-electron chi connectivity index (χ0n) is 54.2. The van der Waals surface area contributed by atoms with Crippen molar-refractivity contribution in [2.24, 2.45) is 5.73 Å². The lowest BCUT2D eigenvalue weighted by molar-refractivity contribution is 0.145. The second kappa shape index (κ2) is 30.1. The molecule has 12 rings (SSSR count). The number of phenolic OH excluding ortho intramolecular Hbond substituents is 1. The molecule has 0 unspecified atom stereocenters. The number of nitrogens with two attached hydrogens (primary N) is 1. The highest BCUT2D eigenvalue weighted by atomic mass is 32.2. The Morgan fingerprint density at radius 2 is 0.979 bits per heavy atom. The molecule has 0 atom stereocenters. The molecule has 4 N–H and O–H groups in total. The molecule has 510 valence electrons. The molecule has 0 radical (unpaired) electrons. The van der Waals surface area contributed by atoms with Crippen molar-refractivity contribution in [1.29, 1.82) is 0 Å². The summed E-state index contributed by atoms with van der Waals surface area (Å²) in [5.74, 6) is 1.62. The van der Waals surface area contributed by atoms with Crippen molar-refractivity contribution < 1.29 is 52.5 Å². The van der Waals surface area contributed by atoms with Gasteiger partial charge in [0.2, 0.25) is 5.89 Å². The van der Waals surface area contributed by atoms with E-state index in [2.05, 4.69) is 67.4 Å². The number of aromatic hydroxyl groups is 1. The molecule has 97 heavy (non-hydrogen) atoms. The Kier molecular flexibility index (Phi) is 21.5. The number of sulfone groups is 2. The molecule has 23 nitrogen and oxygen atoms in total. The van der Waals surface area contributed by atoms with Gasteiger partial charge in [0.05, 0.1) is 90.0 Å². The average molecular weight is 1380 g/mol. The second-order valence-electron chi connectivity index (χ2n) is 22.7. The number of alkyl halides is 2. The first-order chi connectivity index (χ1) is 46.4. The molecule has 28 heteroatoms. The third-order valence-corrected chi connectivity index (χ3v) is 20.5. The smallest absolute Gasteiger partial charge is 0.268 e. The molecule has 0 aliphatic heterocycles. The van der Waals surface area contributed by atoms with Crippen molar-refractivity contribution >= 4 is 36.7 Å². The molecule has 7 aromatic heterocycles. The van der Waals surface area contributed by atoms with E-state index in [-0.39, 0.29) is 48.3 Å². The summed E-state index contributed by atoms with van der Waals surface area (Å²) in [7, 11) is -2.78. The fourth-order valence-electron chi connectivity index (χ4n) is 9.25. The predicted molar refractivity (Wildman–Crippen MR) is 378 cm³/mol. The molecule has 0 saturated heterocycles. The summed E-state index contributed by atoms with van der Waals surface area (Å²) in [6.45, 7) is 16.5. The Balaban J connectivity index is 0.000000319. The van der Waals surface area contributed by atoms with Crippen LogP contribution in [0, 0.1) is 20.8 Å². The van der Waals surface area contributed by atoms with Gasteiger partial charge < -0.3 is 34.3 Å². The van der Waals surface area contributed by atoms with E-state index in [0.717, 1.165) is 44.2 Å². The summed E-state index contributed by atoms with van der Waals surface area (Å²) in [4.78, 5) is 31.3.